The van der Waals surface area contributed by atoms with Gasteiger partial charge >= 0.3 is 0 Å². The molecule has 1 amide bonds. The van der Waals surface area contributed by atoms with Gasteiger partial charge in [0.25, 0.3) is 0 Å². The van der Waals surface area contributed by atoms with Crippen LogP contribution in [-0.4, -0.2) is 39.6 Å². The summed E-state index contributed by atoms with van der Waals surface area (Å²) in [6, 6.07) is 7.20. The summed E-state index contributed by atoms with van der Waals surface area (Å²) in [6.07, 6.45) is 0. The van der Waals surface area contributed by atoms with E-state index in [0.717, 1.165) is 5.56 Å². The van der Waals surface area contributed by atoms with Gasteiger partial charge in [0.1, 0.15) is 0 Å². The number of likely N-dealkylation sites (N-methyl/N-ethyl adjacent to an activating group) is 1. The highest BCUT2D eigenvalue weighted by molar-refractivity contribution is 6.30. The highest BCUT2D eigenvalue weighted by Gasteiger charge is 2.18. The Morgan fingerprint density at radius 1 is 1.25 bits per heavy atom. The van der Waals surface area contributed by atoms with Crippen molar-refractivity contribution in [1.82, 2.24) is 20.4 Å². The van der Waals surface area contributed by atoms with E-state index in [0.29, 0.717) is 29.9 Å². The lowest BCUT2D eigenvalue weighted by Crippen LogP contribution is -2.45. The molecule has 0 unspecified atom stereocenters. The Labute approximate surface area is 147 Å². The van der Waals surface area contributed by atoms with E-state index in [1.165, 1.54) is 0 Å². The molecule has 0 radical (unpaired) electrons. The Balaban J connectivity index is 1.99. The van der Waals surface area contributed by atoms with Crippen molar-refractivity contribution < 1.29 is 9.21 Å². The molecule has 0 saturated heterocycles. The Kier molecular flexibility index (Phi) is 5.96. The van der Waals surface area contributed by atoms with Crippen LogP contribution in [0.4, 0.5) is 0 Å². The van der Waals surface area contributed by atoms with Crippen LogP contribution in [0.2, 0.25) is 5.02 Å². The van der Waals surface area contributed by atoms with Crippen LogP contribution >= 0.6 is 11.6 Å². The van der Waals surface area contributed by atoms with Crippen LogP contribution in [0.5, 0.6) is 0 Å². The second-order valence-electron chi connectivity index (χ2n) is 6.61. The molecule has 0 atom stereocenters. The highest BCUT2D eigenvalue weighted by Crippen LogP contribution is 2.20. The molecule has 0 spiro atoms. The van der Waals surface area contributed by atoms with Crippen LogP contribution in [0.15, 0.2) is 28.7 Å². The number of halogens is 1. The summed E-state index contributed by atoms with van der Waals surface area (Å²) in [5.41, 5.74) is 0.564. The van der Waals surface area contributed by atoms with Gasteiger partial charge in [-0.15, -0.1) is 10.2 Å². The molecule has 1 aromatic heterocycles. The fourth-order valence-electron chi connectivity index (χ4n) is 2.16. The van der Waals surface area contributed by atoms with Crippen molar-refractivity contribution in [3.63, 3.8) is 0 Å². The van der Waals surface area contributed by atoms with Crippen LogP contribution < -0.4 is 5.32 Å². The summed E-state index contributed by atoms with van der Waals surface area (Å²) in [5, 5.41) is 11.7. The number of carbonyl (C=O) groups is 1. The van der Waals surface area contributed by atoms with Gasteiger partial charge in [-0.2, -0.15) is 0 Å². The van der Waals surface area contributed by atoms with Gasteiger partial charge in [0.05, 0.1) is 13.1 Å². The molecule has 130 valence electrons. The third-order valence-corrected chi connectivity index (χ3v) is 3.50. The van der Waals surface area contributed by atoms with E-state index in [1.54, 1.807) is 12.1 Å². The van der Waals surface area contributed by atoms with Crippen LogP contribution in [0.25, 0.3) is 11.5 Å². The molecule has 2 aromatic rings. The lowest BCUT2D eigenvalue weighted by atomic mass is 10.1. The van der Waals surface area contributed by atoms with Gasteiger partial charge in [-0.25, -0.2) is 0 Å². The number of amides is 1. The second-order valence-corrected chi connectivity index (χ2v) is 7.05. The van der Waals surface area contributed by atoms with Crippen molar-refractivity contribution in [2.75, 3.05) is 13.1 Å². The molecule has 0 aliphatic rings. The summed E-state index contributed by atoms with van der Waals surface area (Å²) in [4.78, 5) is 14.0. The maximum absolute atomic E-state index is 12.0. The average molecular weight is 351 g/mol. The number of carbonyl (C=O) groups excluding carboxylic acids is 1. The number of hydrogen-bond acceptors (Lipinski definition) is 5. The van der Waals surface area contributed by atoms with Crippen molar-refractivity contribution >= 4 is 17.5 Å². The maximum Gasteiger partial charge on any atom is 0.247 e. The van der Waals surface area contributed by atoms with E-state index in [-0.39, 0.29) is 18.0 Å². The molecule has 0 bridgehead atoms. The Hall–Kier alpha value is -1.92. The maximum atomic E-state index is 12.0. The molecule has 24 heavy (non-hydrogen) atoms. The van der Waals surface area contributed by atoms with Crippen molar-refractivity contribution in [2.45, 2.75) is 39.8 Å². The SMILES string of the molecule is CCN(CC(=O)NC(C)(C)C)Cc1nnc(-c2ccc(Cl)cc2)o1. The molecule has 1 N–H and O–H groups in total. The zero-order valence-corrected chi connectivity index (χ0v) is 15.2. The second kappa shape index (κ2) is 7.77. The molecule has 0 aliphatic carbocycles. The molecule has 0 fully saturated rings. The molecule has 0 aliphatic heterocycles. The monoisotopic (exact) mass is 350 g/mol. The molecule has 1 aromatic carbocycles. The van der Waals surface area contributed by atoms with Crippen LogP contribution in [0.1, 0.15) is 33.6 Å². The first kappa shape index (κ1) is 18.4. The number of nitrogens with zero attached hydrogens (tertiary/aromatic N) is 3. The fraction of sp³-hybridized carbons (Fsp3) is 0.471. The minimum Gasteiger partial charge on any atom is -0.419 e. The van der Waals surface area contributed by atoms with E-state index in [1.807, 2.05) is 44.7 Å². The summed E-state index contributed by atoms with van der Waals surface area (Å²) in [5.74, 6) is 0.893. The van der Waals surface area contributed by atoms with Gasteiger partial charge in [0.2, 0.25) is 17.7 Å². The number of rotatable bonds is 6. The van der Waals surface area contributed by atoms with Crippen LogP contribution in [-0.2, 0) is 11.3 Å². The van der Waals surface area contributed by atoms with Gasteiger partial charge in [-0.05, 0) is 51.6 Å². The summed E-state index contributed by atoms with van der Waals surface area (Å²) in [6.45, 7) is 9.27. The average Bonchev–Trinajstić information content (AvgIpc) is 2.94. The van der Waals surface area contributed by atoms with Gasteiger partial charge in [-0.1, -0.05) is 18.5 Å². The fourth-order valence-corrected chi connectivity index (χ4v) is 2.28. The van der Waals surface area contributed by atoms with E-state index in [9.17, 15) is 4.79 Å². The first-order valence-electron chi connectivity index (χ1n) is 7.88. The largest absolute Gasteiger partial charge is 0.419 e. The van der Waals surface area contributed by atoms with E-state index in [2.05, 4.69) is 15.5 Å². The lowest BCUT2D eigenvalue weighted by Gasteiger charge is -2.24. The standard InChI is InChI=1S/C17H23ClN4O2/c1-5-22(10-14(23)19-17(2,3)4)11-15-20-21-16(24-15)12-6-8-13(18)9-7-12/h6-9H,5,10-11H2,1-4H3,(H,19,23). The minimum absolute atomic E-state index is 0.0261. The third-order valence-electron chi connectivity index (χ3n) is 3.25. The molecule has 1 heterocycles. The topological polar surface area (TPSA) is 71.3 Å². The summed E-state index contributed by atoms with van der Waals surface area (Å²) in [7, 11) is 0. The quantitative estimate of drug-likeness (QED) is 0.866. The molecule has 6 nitrogen and oxygen atoms in total. The van der Waals surface area contributed by atoms with E-state index < -0.39 is 0 Å². The molecular formula is C17H23ClN4O2. The zero-order valence-electron chi connectivity index (χ0n) is 14.5. The zero-order chi connectivity index (χ0) is 17.7. The minimum atomic E-state index is -0.247. The van der Waals surface area contributed by atoms with Crippen LogP contribution in [0, 0.1) is 0 Å². The molecule has 2 rings (SSSR count). The van der Waals surface area contributed by atoms with Crippen molar-refractivity contribution in [3.05, 3.63) is 35.2 Å². The van der Waals surface area contributed by atoms with Crippen molar-refractivity contribution in [2.24, 2.45) is 0 Å². The first-order chi connectivity index (χ1) is 11.3. The van der Waals surface area contributed by atoms with Crippen molar-refractivity contribution in [3.8, 4) is 11.5 Å². The third kappa shape index (κ3) is 5.62. The summed E-state index contributed by atoms with van der Waals surface area (Å²) < 4.78 is 5.69. The lowest BCUT2D eigenvalue weighted by molar-refractivity contribution is -0.123. The van der Waals surface area contributed by atoms with Crippen molar-refractivity contribution in [1.29, 1.82) is 0 Å². The number of aromatic nitrogens is 2. The predicted octanol–water partition coefficient (Wildman–Crippen LogP) is 3.13. The Morgan fingerprint density at radius 2 is 1.92 bits per heavy atom. The predicted molar refractivity (Wildman–Crippen MR) is 93.6 cm³/mol. The summed E-state index contributed by atoms with van der Waals surface area (Å²) >= 11 is 5.87. The molecular weight excluding hydrogens is 328 g/mol. The van der Waals surface area contributed by atoms with Gasteiger partial charge in [0.15, 0.2) is 0 Å². The van der Waals surface area contributed by atoms with Gasteiger partial charge in [0, 0.05) is 16.1 Å². The van der Waals surface area contributed by atoms with Gasteiger partial charge in [-0.3, -0.25) is 9.69 Å². The first-order valence-corrected chi connectivity index (χ1v) is 8.26. The Bertz CT molecular complexity index is 677. The van der Waals surface area contributed by atoms with Crippen LogP contribution in [0.3, 0.4) is 0 Å². The number of hydrogen-bond donors (Lipinski definition) is 1. The molecule has 0 saturated carbocycles. The highest BCUT2D eigenvalue weighted by atomic mass is 35.5. The number of nitrogens with one attached hydrogen (secondary N) is 1. The normalized spacial score (nSPS) is 11.8. The van der Waals surface area contributed by atoms with E-state index in [4.69, 9.17) is 16.0 Å². The number of benzene rings is 1. The Morgan fingerprint density at radius 3 is 2.50 bits per heavy atom. The molecule has 7 heteroatoms. The van der Waals surface area contributed by atoms with Gasteiger partial charge < -0.3 is 9.73 Å². The van der Waals surface area contributed by atoms with E-state index >= 15 is 0 Å². The smallest absolute Gasteiger partial charge is 0.247 e.